The van der Waals surface area contributed by atoms with Gasteiger partial charge >= 0.3 is 0 Å². The molecular weight excluding hydrogens is 126 g/mol. The smallest absolute Gasteiger partial charge is 0.300 e. The third-order valence-electron chi connectivity index (χ3n) is 0.182. The van der Waals surface area contributed by atoms with Crippen LogP contribution in [0, 0.1) is 4.91 Å². The van der Waals surface area contributed by atoms with Crippen molar-refractivity contribution in [1.29, 1.82) is 0 Å². The molecule has 0 amide bonds. The van der Waals surface area contributed by atoms with Gasteiger partial charge in [0.05, 0.1) is 0 Å². The number of carbonyl (C=O) groups is 1. The lowest BCUT2D eigenvalue weighted by Gasteiger charge is -1.76. The molecule has 0 aromatic heterocycles. The summed E-state index contributed by atoms with van der Waals surface area (Å²) in [6.45, 7) is 3.14. The van der Waals surface area contributed by atoms with Crippen LogP contribution in [0.25, 0.3) is 0 Å². The molecule has 0 spiro atoms. The van der Waals surface area contributed by atoms with Crippen LogP contribution in [0.2, 0.25) is 0 Å². The first kappa shape index (κ1) is 10.8. The summed E-state index contributed by atoms with van der Waals surface area (Å²) in [4.78, 5) is 21.8. The van der Waals surface area contributed by atoms with E-state index in [1.165, 1.54) is 0 Å². The molecule has 0 aliphatic rings. The highest BCUT2D eigenvalue weighted by atomic mass is 16.7. The second-order valence-electron chi connectivity index (χ2n) is 1.01. The molecule has 0 unspecified atom stereocenters. The van der Waals surface area contributed by atoms with Crippen molar-refractivity contribution >= 4 is 5.97 Å². The Morgan fingerprint density at radius 3 is 2.11 bits per heavy atom. The van der Waals surface area contributed by atoms with Crippen LogP contribution in [0.1, 0.15) is 13.8 Å². The second-order valence-corrected chi connectivity index (χ2v) is 1.01. The van der Waals surface area contributed by atoms with Crippen LogP contribution in [0.4, 0.5) is 0 Å². The van der Waals surface area contributed by atoms with E-state index in [1.807, 2.05) is 0 Å². The molecule has 0 heterocycles. The van der Waals surface area contributed by atoms with Gasteiger partial charge in [0.25, 0.3) is 5.97 Å². The van der Waals surface area contributed by atoms with Crippen LogP contribution >= 0.6 is 0 Å². The molecule has 1 N–H and O–H groups in total. The summed E-state index contributed by atoms with van der Waals surface area (Å²) in [5.41, 5.74) is 0. The molecule has 0 rings (SSSR count). The highest BCUT2D eigenvalue weighted by Gasteiger charge is 1.65. The Kier molecular flexibility index (Phi) is 12.0. The Balaban J connectivity index is 0. The summed E-state index contributed by atoms with van der Waals surface area (Å²) in [6, 6.07) is 0. The molecule has 54 valence electrons. The first-order valence-corrected chi connectivity index (χ1v) is 2.29. The van der Waals surface area contributed by atoms with Gasteiger partial charge in [0.1, 0.15) is 6.61 Å². The summed E-state index contributed by atoms with van der Waals surface area (Å²) in [6.07, 6.45) is 0. The summed E-state index contributed by atoms with van der Waals surface area (Å²) in [5, 5.41) is 9.52. The number of carboxylic acids is 1. The van der Waals surface area contributed by atoms with Crippen molar-refractivity contribution in [2.45, 2.75) is 13.8 Å². The number of rotatable bonds is 2. The highest BCUT2D eigenvalue weighted by molar-refractivity contribution is 5.62. The van der Waals surface area contributed by atoms with E-state index in [0.29, 0.717) is 6.61 Å². The number of aliphatic carboxylic acids is 1. The van der Waals surface area contributed by atoms with Gasteiger partial charge in [-0.15, -0.1) is 4.91 Å². The molecule has 5 nitrogen and oxygen atoms in total. The first-order valence-electron chi connectivity index (χ1n) is 2.29. The van der Waals surface area contributed by atoms with Crippen LogP contribution in [0.3, 0.4) is 0 Å². The van der Waals surface area contributed by atoms with Crippen molar-refractivity contribution < 1.29 is 14.7 Å². The van der Waals surface area contributed by atoms with E-state index >= 15 is 0 Å². The van der Waals surface area contributed by atoms with Gasteiger partial charge in [0.15, 0.2) is 5.34 Å². The summed E-state index contributed by atoms with van der Waals surface area (Å²) < 4.78 is 0. The number of carboxylic acid groups (broad SMARTS) is 1. The molecule has 5 heteroatoms. The minimum Gasteiger partial charge on any atom is -0.481 e. The molecule has 0 atom stereocenters. The molecule has 0 bridgehead atoms. The van der Waals surface area contributed by atoms with Gasteiger partial charge in [-0.1, -0.05) is 0 Å². The SMILES string of the molecule is CC(=O)O.CCON=O. The van der Waals surface area contributed by atoms with Crippen LogP contribution in [0.5, 0.6) is 0 Å². The van der Waals surface area contributed by atoms with E-state index in [9.17, 15) is 0 Å². The maximum atomic E-state index is 9.00. The number of hydrogen-bond donors (Lipinski definition) is 1. The molecule has 0 fully saturated rings. The van der Waals surface area contributed by atoms with Crippen molar-refractivity contribution in [2.24, 2.45) is 5.34 Å². The first-order chi connectivity index (χ1) is 4.15. The summed E-state index contributed by atoms with van der Waals surface area (Å²) in [7, 11) is 0. The van der Waals surface area contributed by atoms with Crippen molar-refractivity contribution in [2.75, 3.05) is 6.61 Å². The van der Waals surface area contributed by atoms with Gasteiger partial charge in [-0.25, -0.2) is 0 Å². The Hall–Kier alpha value is -1.13. The number of nitrogens with zero attached hydrogens (tertiary/aromatic N) is 1. The van der Waals surface area contributed by atoms with Gasteiger partial charge < -0.3 is 9.94 Å². The topological polar surface area (TPSA) is 76.0 Å². The predicted octanol–water partition coefficient (Wildman–Crippen LogP) is 0.795. The lowest BCUT2D eigenvalue weighted by atomic mass is 10.9. The van der Waals surface area contributed by atoms with Crippen LogP contribution in [0.15, 0.2) is 5.34 Å². The summed E-state index contributed by atoms with van der Waals surface area (Å²) >= 11 is 0. The van der Waals surface area contributed by atoms with Crippen LogP contribution in [-0.2, 0) is 9.63 Å². The van der Waals surface area contributed by atoms with Crippen LogP contribution < -0.4 is 0 Å². The fourth-order valence-electron chi connectivity index (χ4n) is 0.0527. The third kappa shape index (κ3) is 215. The lowest BCUT2D eigenvalue weighted by Crippen LogP contribution is -1.78. The zero-order valence-electron chi connectivity index (χ0n) is 5.33. The molecule has 0 aliphatic heterocycles. The monoisotopic (exact) mass is 135 g/mol. The lowest BCUT2D eigenvalue weighted by molar-refractivity contribution is -0.134. The van der Waals surface area contributed by atoms with Crippen LogP contribution in [-0.4, -0.2) is 17.7 Å². The van der Waals surface area contributed by atoms with Gasteiger partial charge in [0, 0.05) is 6.92 Å². The average Bonchev–Trinajstić information content (AvgIpc) is 1.66. The average molecular weight is 135 g/mol. The molecule has 0 aliphatic carbocycles. The van der Waals surface area contributed by atoms with Crippen molar-refractivity contribution in [3.05, 3.63) is 4.91 Å². The molecule has 9 heavy (non-hydrogen) atoms. The fourth-order valence-corrected chi connectivity index (χ4v) is 0.0527. The fraction of sp³-hybridized carbons (Fsp3) is 0.750. The maximum Gasteiger partial charge on any atom is 0.300 e. The molecular formula is C4H9NO4. The standard InChI is InChI=1S/C2H5NO2.C2H4O2/c1-2-5-3-4;1-2(3)4/h2H2,1H3;1H3,(H,3,4). The minimum absolute atomic E-state index is 0.365. The highest BCUT2D eigenvalue weighted by Crippen LogP contribution is 1.65. The second kappa shape index (κ2) is 9.98. The molecule has 0 aromatic rings. The minimum atomic E-state index is -0.833. The van der Waals surface area contributed by atoms with Crippen molar-refractivity contribution in [3.63, 3.8) is 0 Å². The van der Waals surface area contributed by atoms with Crippen molar-refractivity contribution in [3.8, 4) is 0 Å². The van der Waals surface area contributed by atoms with Gasteiger partial charge in [-0.3, -0.25) is 4.79 Å². The third-order valence-corrected chi connectivity index (χ3v) is 0.182. The van der Waals surface area contributed by atoms with Gasteiger partial charge in [-0.05, 0) is 6.92 Å². The van der Waals surface area contributed by atoms with Gasteiger partial charge in [-0.2, -0.15) is 0 Å². The Bertz CT molecular complexity index is 78.6. The van der Waals surface area contributed by atoms with E-state index < -0.39 is 5.97 Å². The van der Waals surface area contributed by atoms with E-state index in [2.05, 4.69) is 10.2 Å². The molecule has 0 saturated carbocycles. The maximum absolute atomic E-state index is 9.00. The van der Waals surface area contributed by atoms with E-state index in [-0.39, 0.29) is 0 Å². The Morgan fingerprint density at radius 1 is 1.78 bits per heavy atom. The Morgan fingerprint density at radius 2 is 2.11 bits per heavy atom. The largest absolute Gasteiger partial charge is 0.481 e. The number of hydrogen-bond acceptors (Lipinski definition) is 4. The molecule has 0 aromatic carbocycles. The Labute approximate surface area is 52.6 Å². The zero-order valence-corrected chi connectivity index (χ0v) is 5.33. The molecule has 0 saturated heterocycles. The van der Waals surface area contributed by atoms with E-state index in [1.54, 1.807) is 6.92 Å². The zero-order chi connectivity index (χ0) is 7.70. The normalized spacial score (nSPS) is 6.44. The molecule has 0 radical (unpaired) electrons. The summed E-state index contributed by atoms with van der Waals surface area (Å²) in [5.74, 6) is -0.833. The van der Waals surface area contributed by atoms with E-state index in [4.69, 9.17) is 14.8 Å². The quantitative estimate of drug-likeness (QED) is 0.448. The van der Waals surface area contributed by atoms with Crippen molar-refractivity contribution in [1.82, 2.24) is 0 Å². The predicted molar refractivity (Wildman–Crippen MR) is 30.7 cm³/mol. The van der Waals surface area contributed by atoms with Gasteiger partial charge in [0.2, 0.25) is 0 Å². The van der Waals surface area contributed by atoms with E-state index in [0.717, 1.165) is 6.92 Å².